The maximum absolute atomic E-state index is 12.8. The third kappa shape index (κ3) is 3.78. The summed E-state index contributed by atoms with van der Waals surface area (Å²) in [6.45, 7) is 0. The van der Waals surface area contributed by atoms with Gasteiger partial charge < -0.3 is 0 Å². The molecule has 0 fully saturated rings. The van der Waals surface area contributed by atoms with Gasteiger partial charge in [-0.15, -0.1) is 5.10 Å². The molecule has 2 heterocycles. The van der Waals surface area contributed by atoms with Crippen LogP contribution in [0, 0.1) is 0 Å². The molecule has 0 saturated carbocycles. The van der Waals surface area contributed by atoms with Crippen molar-refractivity contribution < 1.29 is 4.79 Å². The predicted octanol–water partition coefficient (Wildman–Crippen LogP) is 4.98. The zero-order chi connectivity index (χ0) is 19.8. The highest BCUT2D eigenvalue weighted by atomic mass is 35.5. The number of hydrogen-bond acceptors (Lipinski definition) is 5. The van der Waals surface area contributed by atoms with E-state index in [0.29, 0.717) is 34.4 Å². The van der Waals surface area contributed by atoms with Crippen LogP contribution in [-0.4, -0.2) is 25.4 Å². The Balaban J connectivity index is 1.42. The Labute approximate surface area is 177 Å². The van der Waals surface area contributed by atoms with Crippen LogP contribution in [0.25, 0.3) is 5.78 Å². The first-order valence-corrected chi connectivity index (χ1v) is 10.7. The van der Waals surface area contributed by atoms with Crippen molar-refractivity contribution in [3.63, 3.8) is 0 Å². The standard InChI is InChI=1S/C22H17ClN4OS/c23-17-8-4-7-15(9-17)16-10-19-18(20(28)11-16)12-27-21(24-19)25-22(26-27)29-13-14-5-2-1-3-6-14/h1-9,12,16H,10-11,13H2/t16-/m1/s1. The van der Waals surface area contributed by atoms with E-state index in [1.54, 1.807) is 22.5 Å². The lowest BCUT2D eigenvalue weighted by atomic mass is 9.82. The summed E-state index contributed by atoms with van der Waals surface area (Å²) in [6, 6.07) is 17.9. The van der Waals surface area contributed by atoms with Gasteiger partial charge in [0.2, 0.25) is 5.16 Å². The molecule has 29 heavy (non-hydrogen) atoms. The maximum atomic E-state index is 12.8. The second-order valence-corrected chi connectivity index (χ2v) is 8.48. The number of halogens is 1. The lowest BCUT2D eigenvalue weighted by molar-refractivity contribution is 0.0962. The van der Waals surface area contributed by atoms with Gasteiger partial charge in [-0.1, -0.05) is 65.8 Å². The number of carbonyl (C=O) groups excluding carboxylic acids is 1. The Morgan fingerprint density at radius 3 is 2.76 bits per heavy atom. The molecule has 2 aromatic carbocycles. The van der Waals surface area contributed by atoms with Crippen molar-refractivity contribution in [2.75, 3.05) is 0 Å². The van der Waals surface area contributed by atoms with Gasteiger partial charge >= 0.3 is 0 Å². The van der Waals surface area contributed by atoms with Gasteiger partial charge in [0, 0.05) is 23.4 Å². The largest absolute Gasteiger partial charge is 0.294 e. The fourth-order valence-electron chi connectivity index (χ4n) is 3.64. The second-order valence-electron chi connectivity index (χ2n) is 7.10. The number of aromatic nitrogens is 4. The van der Waals surface area contributed by atoms with E-state index in [9.17, 15) is 4.79 Å². The zero-order valence-corrected chi connectivity index (χ0v) is 17.0. The van der Waals surface area contributed by atoms with Crippen molar-refractivity contribution in [2.24, 2.45) is 0 Å². The first-order valence-electron chi connectivity index (χ1n) is 9.37. The Morgan fingerprint density at radius 2 is 1.93 bits per heavy atom. The number of carbonyl (C=O) groups is 1. The predicted molar refractivity (Wildman–Crippen MR) is 114 cm³/mol. The molecule has 0 spiro atoms. The third-order valence-electron chi connectivity index (χ3n) is 5.09. The quantitative estimate of drug-likeness (QED) is 0.435. The fraction of sp³-hybridized carbons (Fsp3) is 0.182. The Hall–Kier alpha value is -2.70. The normalized spacial score (nSPS) is 16.2. The number of benzene rings is 2. The minimum atomic E-state index is 0.0819. The highest BCUT2D eigenvalue weighted by Crippen LogP contribution is 2.33. The number of rotatable bonds is 4. The summed E-state index contributed by atoms with van der Waals surface area (Å²) < 4.78 is 1.61. The number of fused-ring (bicyclic) bond motifs is 2. The second kappa shape index (κ2) is 7.61. The fourth-order valence-corrected chi connectivity index (χ4v) is 4.62. The van der Waals surface area contributed by atoms with E-state index in [2.05, 4.69) is 27.2 Å². The highest BCUT2D eigenvalue weighted by Gasteiger charge is 2.28. The maximum Gasteiger partial charge on any atom is 0.253 e. The summed E-state index contributed by atoms with van der Waals surface area (Å²) in [7, 11) is 0. The molecule has 0 bridgehead atoms. The molecule has 5 nitrogen and oxygen atoms in total. The monoisotopic (exact) mass is 420 g/mol. The van der Waals surface area contributed by atoms with Crippen LogP contribution in [0.2, 0.25) is 5.02 Å². The molecular formula is C22H17ClN4OS. The number of hydrogen-bond donors (Lipinski definition) is 0. The number of Topliss-reactive ketones (excluding diaryl/α,β-unsaturated/α-hetero) is 1. The van der Waals surface area contributed by atoms with Crippen LogP contribution >= 0.6 is 23.4 Å². The van der Waals surface area contributed by atoms with Crippen LogP contribution in [0.15, 0.2) is 66.0 Å². The molecule has 144 valence electrons. The average Bonchev–Trinajstić information content (AvgIpc) is 3.13. The topological polar surface area (TPSA) is 60.2 Å². The minimum Gasteiger partial charge on any atom is -0.294 e. The molecule has 0 radical (unpaired) electrons. The van der Waals surface area contributed by atoms with Crippen LogP contribution in [0.4, 0.5) is 0 Å². The molecule has 0 aliphatic heterocycles. The third-order valence-corrected chi connectivity index (χ3v) is 6.24. The summed E-state index contributed by atoms with van der Waals surface area (Å²) in [5.41, 5.74) is 3.70. The lowest BCUT2D eigenvalue weighted by Crippen LogP contribution is -2.21. The Kier molecular flexibility index (Phi) is 4.81. The molecule has 2 aromatic heterocycles. The van der Waals surface area contributed by atoms with E-state index >= 15 is 0 Å². The number of thioether (sulfide) groups is 1. The van der Waals surface area contributed by atoms with Gasteiger partial charge in [-0.05, 0) is 35.6 Å². The SMILES string of the molecule is O=C1C[C@H](c2cccc(Cl)c2)Cc2nc3nc(SCc4ccccc4)nn3cc21. The van der Waals surface area contributed by atoms with E-state index in [1.807, 2.05) is 42.5 Å². The van der Waals surface area contributed by atoms with E-state index in [-0.39, 0.29) is 11.7 Å². The van der Waals surface area contributed by atoms with E-state index in [4.69, 9.17) is 11.6 Å². The van der Waals surface area contributed by atoms with Crippen molar-refractivity contribution in [2.45, 2.75) is 29.7 Å². The van der Waals surface area contributed by atoms with Crippen LogP contribution in [-0.2, 0) is 12.2 Å². The van der Waals surface area contributed by atoms with Gasteiger partial charge in [0.1, 0.15) is 0 Å². The number of nitrogens with zero attached hydrogens (tertiary/aromatic N) is 4. The van der Waals surface area contributed by atoms with E-state index in [1.165, 1.54) is 5.56 Å². The average molecular weight is 421 g/mol. The summed E-state index contributed by atoms with van der Waals surface area (Å²) in [6.07, 6.45) is 2.91. The van der Waals surface area contributed by atoms with Crippen molar-refractivity contribution in [1.29, 1.82) is 0 Å². The van der Waals surface area contributed by atoms with Crippen LogP contribution in [0.5, 0.6) is 0 Å². The first kappa shape index (κ1) is 18.3. The van der Waals surface area contributed by atoms with E-state index < -0.39 is 0 Å². The lowest BCUT2D eigenvalue weighted by Gasteiger charge is -2.23. The molecule has 5 rings (SSSR count). The van der Waals surface area contributed by atoms with Gasteiger partial charge in [0.05, 0.1) is 11.3 Å². The summed E-state index contributed by atoms with van der Waals surface area (Å²) in [4.78, 5) is 22.0. The molecule has 4 aromatic rings. The van der Waals surface area contributed by atoms with Crippen molar-refractivity contribution in [3.8, 4) is 0 Å². The minimum absolute atomic E-state index is 0.0819. The molecule has 1 aliphatic rings. The molecule has 0 amide bonds. The summed E-state index contributed by atoms with van der Waals surface area (Å²) in [5.74, 6) is 1.48. The summed E-state index contributed by atoms with van der Waals surface area (Å²) in [5, 5.41) is 5.83. The smallest absolute Gasteiger partial charge is 0.253 e. The first-order chi connectivity index (χ1) is 14.2. The van der Waals surface area contributed by atoms with Crippen LogP contribution < -0.4 is 0 Å². The van der Waals surface area contributed by atoms with Gasteiger partial charge in [0.25, 0.3) is 5.78 Å². The number of ketones is 1. The zero-order valence-electron chi connectivity index (χ0n) is 15.5. The van der Waals surface area contributed by atoms with Crippen molar-refractivity contribution in [3.05, 3.63) is 88.2 Å². The molecule has 0 N–H and O–H groups in total. The molecule has 1 aliphatic carbocycles. The van der Waals surface area contributed by atoms with Crippen LogP contribution in [0.3, 0.4) is 0 Å². The van der Waals surface area contributed by atoms with E-state index in [0.717, 1.165) is 17.0 Å². The van der Waals surface area contributed by atoms with Gasteiger partial charge in [0.15, 0.2) is 5.78 Å². The highest BCUT2D eigenvalue weighted by molar-refractivity contribution is 7.98. The van der Waals surface area contributed by atoms with Gasteiger partial charge in [-0.3, -0.25) is 4.79 Å². The summed E-state index contributed by atoms with van der Waals surface area (Å²) >= 11 is 7.69. The van der Waals surface area contributed by atoms with Crippen molar-refractivity contribution in [1.82, 2.24) is 19.6 Å². The van der Waals surface area contributed by atoms with Crippen LogP contribution in [0.1, 0.15) is 39.5 Å². The molecule has 1 atom stereocenters. The molecule has 7 heteroatoms. The molecule has 0 saturated heterocycles. The Bertz CT molecular complexity index is 1210. The Morgan fingerprint density at radius 1 is 1.07 bits per heavy atom. The molecular weight excluding hydrogens is 404 g/mol. The van der Waals surface area contributed by atoms with Gasteiger partial charge in [-0.2, -0.15) is 4.98 Å². The van der Waals surface area contributed by atoms with Crippen molar-refractivity contribution >= 4 is 34.9 Å². The van der Waals surface area contributed by atoms with Gasteiger partial charge in [-0.25, -0.2) is 9.50 Å². The molecule has 0 unspecified atom stereocenters.